The maximum Gasteiger partial charge on any atom is 0.232 e. The van der Waals surface area contributed by atoms with Crippen LogP contribution in [0.4, 0.5) is 14.5 Å². The van der Waals surface area contributed by atoms with Gasteiger partial charge in [0.2, 0.25) is 15.9 Å². The summed E-state index contributed by atoms with van der Waals surface area (Å²) in [6.07, 6.45) is 1.25. The molecule has 3 aromatic carbocycles. The van der Waals surface area contributed by atoms with E-state index in [1.165, 1.54) is 6.07 Å². The summed E-state index contributed by atoms with van der Waals surface area (Å²) in [4.78, 5) is 12.1. The third-order valence-corrected chi connectivity index (χ3v) is 5.98. The van der Waals surface area contributed by atoms with Crippen molar-refractivity contribution >= 4 is 32.4 Å². The highest BCUT2D eigenvalue weighted by molar-refractivity contribution is 7.92. The number of fused-ring (bicyclic) bond motifs is 1. The molecule has 0 aliphatic rings. The number of sulfonamides is 1. The molecule has 0 atom stereocenters. The molecule has 0 saturated heterocycles. The van der Waals surface area contributed by atoms with Crippen LogP contribution in [0.3, 0.4) is 0 Å². The molecule has 0 heterocycles. The van der Waals surface area contributed by atoms with E-state index in [9.17, 15) is 22.0 Å². The molecule has 0 aliphatic carbocycles. The van der Waals surface area contributed by atoms with Crippen LogP contribution in [-0.2, 0) is 14.8 Å². The molecule has 0 fully saturated rings. The number of amides is 1. The fourth-order valence-electron chi connectivity index (χ4n) is 3.27. The number of rotatable bonds is 10. The summed E-state index contributed by atoms with van der Waals surface area (Å²) in [6.45, 7) is 0.537. The van der Waals surface area contributed by atoms with E-state index in [1.807, 2.05) is 42.5 Å². The van der Waals surface area contributed by atoms with E-state index in [2.05, 4.69) is 5.32 Å². The zero-order valence-corrected chi connectivity index (χ0v) is 18.4. The van der Waals surface area contributed by atoms with Crippen molar-refractivity contribution in [2.45, 2.75) is 12.8 Å². The van der Waals surface area contributed by atoms with Crippen molar-refractivity contribution in [2.75, 3.05) is 30.3 Å². The molecule has 3 rings (SSSR count). The summed E-state index contributed by atoms with van der Waals surface area (Å²) < 4.78 is 57.4. The molecule has 0 aliphatic heterocycles. The van der Waals surface area contributed by atoms with Gasteiger partial charge in [-0.15, -0.1) is 0 Å². The Labute approximate surface area is 185 Å². The second-order valence-corrected chi connectivity index (χ2v) is 9.12. The summed E-state index contributed by atoms with van der Waals surface area (Å²) in [5.41, 5.74) is 0.00953. The van der Waals surface area contributed by atoms with Crippen LogP contribution >= 0.6 is 0 Å². The van der Waals surface area contributed by atoms with Crippen molar-refractivity contribution < 1.29 is 26.7 Å². The van der Waals surface area contributed by atoms with Crippen LogP contribution in [0.15, 0.2) is 60.7 Å². The van der Waals surface area contributed by atoms with Gasteiger partial charge in [-0.2, -0.15) is 0 Å². The predicted molar refractivity (Wildman–Crippen MR) is 120 cm³/mol. The molecule has 0 unspecified atom stereocenters. The minimum Gasteiger partial charge on any atom is -0.491 e. The van der Waals surface area contributed by atoms with E-state index in [1.54, 1.807) is 0 Å². The van der Waals surface area contributed by atoms with E-state index < -0.39 is 21.7 Å². The molecule has 32 heavy (non-hydrogen) atoms. The average molecular weight is 463 g/mol. The molecule has 170 valence electrons. The van der Waals surface area contributed by atoms with Crippen molar-refractivity contribution in [1.82, 2.24) is 5.32 Å². The number of carbonyl (C=O) groups is 1. The van der Waals surface area contributed by atoms with Gasteiger partial charge in [-0.3, -0.25) is 9.10 Å². The number of benzene rings is 3. The summed E-state index contributed by atoms with van der Waals surface area (Å²) in [7, 11) is -3.72. The zero-order chi connectivity index (χ0) is 23.1. The van der Waals surface area contributed by atoms with E-state index in [0.29, 0.717) is 6.54 Å². The van der Waals surface area contributed by atoms with E-state index in [4.69, 9.17) is 4.74 Å². The van der Waals surface area contributed by atoms with Gasteiger partial charge in [-0.05, 0) is 30.0 Å². The third-order valence-electron chi connectivity index (χ3n) is 4.79. The molecule has 0 radical (unpaired) electrons. The fourth-order valence-corrected chi connectivity index (χ4v) is 4.23. The first kappa shape index (κ1) is 23.5. The predicted octanol–water partition coefficient (Wildman–Crippen LogP) is 3.86. The van der Waals surface area contributed by atoms with Crippen molar-refractivity contribution in [3.63, 3.8) is 0 Å². The van der Waals surface area contributed by atoms with Crippen LogP contribution in [-0.4, -0.2) is 40.3 Å². The molecular formula is C23H24F2N2O4S. The lowest BCUT2D eigenvalue weighted by molar-refractivity contribution is -0.121. The van der Waals surface area contributed by atoms with Crippen LogP contribution in [0.25, 0.3) is 10.8 Å². The summed E-state index contributed by atoms with van der Waals surface area (Å²) in [6, 6.07) is 16.5. The van der Waals surface area contributed by atoms with Gasteiger partial charge in [-0.1, -0.05) is 36.4 Å². The lowest BCUT2D eigenvalue weighted by atomic mass is 10.1. The quantitative estimate of drug-likeness (QED) is 0.465. The van der Waals surface area contributed by atoms with Crippen LogP contribution in [0, 0.1) is 11.6 Å². The van der Waals surface area contributed by atoms with Crippen LogP contribution in [0.5, 0.6) is 5.75 Å². The van der Waals surface area contributed by atoms with Gasteiger partial charge in [0.05, 0.1) is 18.5 Å². The molecule has 0 aromatic heterocycles. The standard InChI is InChI=1S/C23H24F2N2O4S/c1-32(29,30)27(18-11-12-20(24)21(25)16-18)14-5-10-23(28)26-13-15-31-22-9-4-7-17-6-2-3-8-19(17)22/h2-4,6-9,11-12,16H,5,10,13-15H2,1H3,(H,26,28). The Morgan fingerprint density at radius 1 is 1.03 bits per heavy atom. The van der Waals surface area contributed by atoms with E-state index >= 15 is 0 Å². The number of carbonyl (C=O) groups excluding carboxylic acids is 1. The number of anilines is 1. The number of halogens is 2. The van der Waals surface area contributed by atoms with Gasteiger partial charge in [0.15, 0.2) is 11.6 Å². The molecule has 6 nitrogen and oxygen atoms in total. The van der Waals surface area contributed by atoms with Crippen LogP contribution in [0.1, 0.15) is 12.8 Å². The minimum absolute atomic E-state index is 0.00953. The highest BCUT2D eigenvalue weighted by atomic mass is 32.2. The van der Waals surface area contributed by atoms with Crippen molar-refractivity contribution in [1.29, 1.82) is 0 Å². The monoisotopic (exact) mass is 462 g/mol. The largest absolute Gasteiger partial charge is 0.491 e. The molecule has 1 N–H and O–H groups in total. The Balaban J connectivity index is 1.46. The lowest BCUT2D eigenvalue weighted by Gasteiger charge is -2.22. The number of hydrogen-bond donors (Lipinski definition) is 1. The Morgan fingerprint density at radius 2 is 1.78 bits per heavy atom. The minimum atomic E-state index is -3.72. The first-order chi connectivity index (χ1) is 15.3. The van der Waals surface area contributed by atoms with Gasteiger partial charge in [0.1, 0.15) is 12.4 Å². The first-order valence-corrected chi connectivity index (χ1v) is 11.9. The van der Waals surface area contributed by atoms with Gasteiger partial charge < -0.3 is 10.1 Å². The molecule has 0 spiro atoms. The zero-order valence-electron chi connectivity index (χ0n) is 17.6. The van der Waals surface area contributed by atoms with Crippen LogP contribution in [0.2, 0.25) is 0 Å². The highest BCUT2D eigenvalue weighted by Gasteiger charge is 2.19. The van der Waals surface area contributed by atoms with Crippen molar-refractivity contribution in [3.8, 4) is 5.75 Å². The van der Waals surface area contributed by atoms with Gasteiger partial charge in [-0.25, -0.2) is 17.2 Å². The molecular weight excluding hydrogens is 438 g/mol. The van der Waals surface area contributed by atoms with Crippen molar-refractivity contribution in [2.24, 2.45) is 0 Å². The Bertz CT molecular complexity index is 1200. The number of nitrogens with one attached hydrogen (secondary N) is 1. The highest BCUT2D eigenvalue weighted by Crippen LogP contribution is 2.25. The van der Waals surface area contributed by atoms with E-state index in [0.717, 1.165) is 39.2 Å². The second kappa shape index (κ2) is 10.4. The smallest absolute Gasteiger partial charge is 0.232 e. The number of nitrogens with zero attached hydrogens (tertiary/aromatic N) is 1. The molecule has 3 aromatic rings. The SMILES string of the molecule is CS(=O)(=O)N(CCCC(=O)NCCOc1cccc2ccccc12)c1ccc(F)c(F)c1. The van der Waals surface area contributed by atoms with Gasteiger partial charge >= 0.3 is 0 Å². The van der Waals surface area contributed by atoms with E-state index in [-0.39, 0.29) is 37.6 Å². The first-order valence-electron chi connectivity index (χ1n) is 10.1. The van der Waals surface area contributed by atoms with Crippen molar-refractivity contribution in [3.05, 3.63) is 72.3 Å². The molecule has 0 bridgehead atoms. The van der Waals surface area contributed by atoms with Crippen LogP contribution < -0.4 is 14.4 Å². The number of hydrogen-bond acceptors (Lipinski definition) is 4. The molecule has 1 amide bonds. The molecule has 9 heteroatoms. The lowest BCUT2D eigenvalue weighted by Crippen LogP contribution is -2.33. The third kappa shape index (κ3) is 6.16. The topological polar surface area (TPSA) is 75.7 Å². The Morgan fingerprint density at radius 3 is 2.53 bits per heavy atom. The maximum atomic E-state index is 13.5. The summed E-state index contributed by atoms with van der Waals surface area (Å²) in [5, 5.41) is 4.77. The Kier molecular flexibility index (Phi) is 7.63. The molecule has 0 saturated carbocycles. The second-order valence-electron chi connectivity index (χ2n) is 7.21. The summed E-state index contributed by atoms with van der Waals surface area (Å²) >= 11 is 0. The Hall–Kier alpha value is -3.20. The fraction of sp³-hybridized carbons (Fsp3) is 0.261. The average Bonchev–Trinajstić information content (AvgIpc) is 2.75. The normalized spacial score (nSPS) is 11.3. The summed E-state index contributed by atoms with van der Waals surface area (Å²) in [5.74, 6) is -1.73. The van der Waals surface area contributed by atoms with Gasteiger partial charge in [0, 0.05) is 24.4 Å². The number of ether oxygens (including phenoxy) is 1. The van der Waals surface area contributed by atoms with Gasteiger partial charge in [0.25, 0.3) is 0 Å². The maximum absolute atomic E-state index is 13.5.